The largest absolute Gasteiger partial charge is 0.397 e. The van der Waals surface area contributed by atoms with E-state index in [-0.39, 0.29) is 0 Å². The highest BCUT2D eigenvalue weighted by atomic mass is 16.5. The molecule has 1 amide bonds. The smallest absolute Gasteiger partial charge is 0.274 e. The molecule has 0 radical (unpaired) electrons. The molecule has 0 aliphatic heterocycles. The van der Waals surface area contributed by atoms with Crippen molar-refractivity contribution in [1.82, 2.24) is 5.48 Å². The van der Waals surface area contributed by atoms with Crippen molar-refractivity contribution < 1.29 is 10.0 Å². The minimum atomic E-state index is -0.547. The molecule has 0 aromatic heterocycles. The highest BCUT2D eigenvalue weighted by molar-refractivity contribution is 5.93. The molecule has 110 valence electrons. The second-order valence-electron chi connectivity index (χ2n) is 4.83. The molecule has 0 unspecified atom stereocenters. The lowest BCUT2D eigenvalue weighted by Crippen LogP contribution is -2.30. The number of rotatable bonds is 4. The predicted molar refractivity (Wildman–Crippen MR) is 81.7 cm³/mol. The molecule has 0 fully saturated rings. The quantitative estimate of drug-likeness (QED) is 0.295. The maximum Gasteiger partial charge on any atom is 0.274 e. The van der Waals surface area contributed by atoms with Crippen LogP contribution >= 0.6 is 0 Å². The van der Waals surface area contributed by atoms with Crippen molar-refractivity contribution >= 4 is 17.3 Å². The van der Waals surface area contributed by atoms with Crippen LogP contribution in [-0.2, 0) is 6.54 Å². The van der Waals surface area contributed by atoms with Crippen molar-refractivity contribution in [2.24, 2.45) is 5.84 Å². The Labute approximate surface area is 122 Å². The van der Waals surface area contributed by atoms with Gasteiger partial charge in [-0.2, -0.15) is 0 Å². The van der Waals surface area contributed by atoms with Gasteiger partial charge in [-0.1, -0.05) is 18.2 Å². The van der Waals surface area contributed by atoms with Crippen LogP contribution in [0.1, 0.15) is 21.5 Å². The Balaban J connectivity index is 2.12. The SMILES string of the molecule is Cc1ccc(N(N)Cc2ccc(C(=O)NO)cc2)c(N)c1. The monoisotopic (exact) mass is 286 g/mol. The van der Waals surface area contributed by atoms with Crippen LogP contribution in [0.25, 0.3) is 0 Å². The van der Waals surface area contributed by atoms with Crippen LogP contribution in [0.2, 0.25) is 0 Å². The van der Waals surface area contributed by atoms with Crippen LogP contribution in [0, 0.1) is 6.92 Å². The number of nitrogen functional groups attached to an aromatic ring is 1. The lowest BCUT2D eigenvalue weighted by Gasteiger charge is -2.21. The normalized spacial score (nSPS) is 10.2. The molecule has 2 rings (SSSR count). The summed E-state index contributed by atoms with van der Waals surface area (Å²) in [6.45, 7) is 2.42. The molecule has 0 saturated carbocycles. The molecule has 21 heavy (non-hydrogen) atoms. The Morgan fingerprint density at radius 3 is 2.48 bits per heavy atom. The molecule has 0 heterocycles. The van der Waals surface area contributed by atoms with E-state index in [1.807, 2.05) is 25.1 Å². The third-order valence-corrected chi connectivity index (χ3v) is 3.16. The third-order valence-electron chi connectivity index (χ3n) is 3.16. The molecule has 2 aromatic rings. The maximum absolute atomic E-state index is 11.2. The van der Waals surface area contributed by atoms with Crippen molar-refractivity contribution in [1.29, 1.82) is 0 Å². The summed E-state index contributed by atoms with van der Waals surface area (Å²) in [5.41, 5.74) is 11.3. The minimum Gasteiger partial charge on any atom is -0.397 e. The van der Waals surface area contributed by atoms with E-state index in [2.05, 4.69) is 0 Å². The number of nitrogens with two attached hydrogens (primary N) is 2. The molecule has 0 atom stereocenters. The summed E-state index contributed by atoms with van der Waals surface area (Å²) in [4.78, 5) is 11.2. The standard InChI is InChI=1S/C15H18N4O2/c1-10-2-7-14(13(16)8-10)19(17)9-11-3-5-12(6-4-11)15(20)18-21/h2-8,21H,9,16-17H2,1H3,(H,18,20). The average Bonchev–Trinajstić information content (AvgIpc) is 2.47. The number of carbonyl (C=O) groups excluding carboxylic acids is 1. The van der Waals surface area contributed by atoms with Gasteiger partial charge in [-0.25, -0.2) is 11.3 Å². The number of hydroxylamine groups is 1. The van der Waals surface area contributed by atoms with Crippen molar-refractivity contribution in [3.63, 3.8) is 0 Å². The lowest BCUT2D eigenvalue weighted by atomic mass is 10.1. The Morgan fingerprint density at radius 1 is 1.24 bits per heavy atom. The van der Waals surface area contributed by atoms with Gasteiger partial charge < -0.3 is 10.7 Å². The average molecular weight is 286 g/mol. The van der Waals surface area contributed by atoms with Gasteiger partial charge in [-0.15, -0.1) is 0 Å². The van der Waals surface area contributed by atoms with E-state index in [4.69, 9.17) is 16.8 Å². The fourth-order valence-corrected chi connectivity index (χ4v) is 2.04. The molecule has 6 heteroatoms. The van der Waals surface area contributed by atoms with E-state index in [0.29, 0.717) is 17.8 Å². The predicted octanol–water partition coefficient (Wildman–Crippen LogP) is 1.58. The van der Waals surface area contributed by atoms with Crippen molar-refractivity contribution in [2.75, 3.05) is 10.7 Å². The third kappa shape index (κ3) is 3.50. The van der Waals surface area contributed by atoms with E-state index >= 15 is 0 Å². The number of aryl methyl sites for hydroxylation is 1. The molecule has 0 spiro atoms. The van der Waals surface area contributed by atoms with Gasteiger partial charge in [0.15, 0.2) is 0 Å². The first-order valence-corrected chi connectivity index (χ1v) is 6.43. The molecule has 6 N–H and O–H groups in total. The fourth-order valence-electron chi connectivity index (χ4n) is 2.04. The second kappa shape index (κ2) is 6.25. The van der Waals surface area contributed by atoms with Gasteiger partial charge in [-0.05, 0) is 42.3 Å². The zero-order valence-electron chi connectivity index (χ0n) is 11.7. The Hall–Kier alpha value is -2.57. The first-order valence-electron chi connectivity index (χ1n) is 6.43. The first-order chi connectivity index (χ1) is 10.0. The van der Waals surface area contributed by atoms with E-state index in [1.165, 1.54) is 0 Å². The summed E-state index contributed by atoms with van der Waals surface area (Å²) in [5.74, 6) is 5.49. The summed E-state index contributed by atoms with van der Waals surface area (Å²) in [6, 6.07) is 12.5. The van der Waals surface area contributed by atoms with Crippen molar-refractivity contribution in [2.45, 2.75) is 13.5 Å². The van der Waals surface area contributed by atoms with Gasteiger partial charge in [0, 0.05) is 5.56 Å². The molecule has 6 nitrogen and oxygen atoms in total. The summed E-state index contributed by atoms with van der Waals surface area (Å²) < 4.78 is 0. The van der Waals surface area contributed by atoms with Crippen LogP contribution in [-0.4, -0.2) is 11.1 Å². The molecule has 0 aliphatic carbocycles. The highest BCUT2D eigenvalue weighted by Gasteiger charge is 2.08. The number of amides is 1. The van der Waals surface area contributed by atoms with Crippen LogP contribution in [0.4, 0.5) is 11.4 Å². The topological polar surface area (TPSA) is 105 Å². The summed E-state index contributed by atoms with van der Waals surface area (Å²) in [6.07, 6.45) is 0. The van der Waals surface area contributed by atoms with Crippen LogP contribution in [0.3, 0.4) is 0 Å². The van der Waals surface area contributed by atoms with E-state index in [1.54, 1.807) is 34.8 Å². The summed E-state index contributed by atoms with van der Waals surface area (Å²) in [7, 11) is 0. The van der Waals surface area contributed by atoms with Gasteiger partial charge >= 0.3 is 0 Å². The minimum absolute atomic E-state index is 0.375. The maximum atomic E-state index is 11.2. The zero-order chi connectivity index (χ0) is 15.4. The lowest BCUT2D eigenvalue weighted by molar-refractivity contribution is 0.0706. The van der Waals surface area contributed by atoms with Gasteiger partial charge in [-0.3, -0.25) is 10.0 Å². The number of anilines is 2. The Morgan fingerprint density at radius 2 is 1.90 bits per heavy atom. The van der Waals surface area contributed by atoms with Crippen LogP contribution in [0.5, 0.6) is 0 Å². The molecule has 0 bridgehead atoms. The summed E-state index contributed by atoms with van der Waals surface area (Å²) >= 11 is 0. The zero-order valence-corrected chi connectivity index (χ0v) is 11.7. The second-order valence-corrected chi connectivity index (χ2v) is 4.83. The Kier molecular flexibility index (Phi) is 4.42. The molecule has 0 aliphatic rings. The van der Waals surface area contributed by atoms with Gasteiger partial charge in [0.05, 0.1) is 17.9 Å². The van der Waals surface area contributed by atoms with Crippen LogP contribution in [0.15, 0.2) is 42.5 Å². The number of hydrogen-bond donors (Lipinski definition) is 4. The molecule has 2 aromatic carbocycles. The Bertz CT molecular complexity index is 641. The first kappa shape index (κ1) is 14.8. The van der Waals surface area contributed by atoms with Crippen LogP contribution < -0.4 is 22.1 Å². The highest BCUT2D eigenvalue weighted by Crippen LogP contribution is 2.23. The number of hydrazine groups is 1. The van der Waals surface area contributed by atoms with E-state index < -0.39 is 5.91 Å². The number of carbonyl (C=O) groups is 1. The number of benzene rings is 2. The number of nitrogens with one attached hydrogen (secondary N) is 1. The number of hydrogen-bond acceptors (Lipinski definition) is 5. The van der Waals surface area contributed by atoms with E-state index in [0.717, 1.165) is 16.8 Å². The summed E-state index contributed by atoms with van der Waals surface area (Å²) in [5, 5.41) is 10.1. The van der Waals surface area contributed by atoms with E-state index in [9.17, 15) is 4.79 Å². The number of nitrogens with zero attached hydrogens (tertiary/aromatic N) is 1. The molecular weight excluding hydrogens is 268 g/mol. The van der Waals surface area contributed by atoms with Crippen molar-refractivity contribution in [3.05, 3.63) is 59.2 Å². The van der Waals surface area contributed by atoms with Crippen molar-refractivity contribution in [3.8, 4) is 0 Å². The van der Waals surface area contributed by atoms with Gasteiger partial charge in [0.1, 0.15) is 0 Å². The molecule has 0 saturated heterocycles. The molecular formula is C15H18N4O2. The fraction of sp³-hybridized carbons (Fsp3) is 0.133. The van der Waals surface area contributed by atoms with Gasteiger partial charge in [0.2, 0.25) is 0 Å². The van der Waals surface area contributed by atoms with Gasteiger partial charge in [0.25, 0.3) is 5.91 Å².